The monoisotopic (exact) mass is 200 g/mol. The van der Waals surface area contributed by atoms with E-state index < -0.39 is 0 Å². The summed E-state index contributed by atoms with van der Waals surface area (Å²) in [4.78, 5) is 0. The topological polar surface area (TPSA) is 38.0 Å². The summed E-state index contributed by atoms with van der Waals surface area (Å²) in [6, 6.07) is 0. The molecule has 0 aromatic heterocycles. The molecule has 1 unspecified atom stereocenters. The summed E-state index contributed by atoms with van der Waals surface area (Å²) in [5.74, 6) is 0.770. The predicted molar refractivity (Wildman–Crippen MR) is 64.4 cm³/mol. The van der Waals surface area contributed by atoms with Gasteiger partial charge in [0, 0.05) is 0 Å². The Hall–Kier alpha value is -0.0800. The molecule has 2 heteroatoms. The normalized spacial score (nSPS) is 14.4. The SMILES string of the molecule is CCNCCCC(CCN)C(C)(C)C. The Morgan fingerprint density at radius 2 is 1.86 bits per heavy atom. The van der Waals surface area contributed by atoms with Gasteiger partial charge in [0.15, 0.2) is 0 Å². The van der Waals surface area contributed by atoms with Gasteiger partial charge in [-0.15, -0.1) is 0 Å². The zero-order valence-corrected chi connectivity index (χ0v) is 10.4. The van der Waals surface area contributed by atoms with Crippen LogP contribution in [0.3, 0.4) is 0 Å². The molecular weight excluding hydrogens is 172 g/mol. The van der Waals surface area contributed by atoms with Crippen molar-refractivity contribution in [3.05, 3.63) is 0 Å². The zero-order chi connectivity index (χ0) is 11.0. The molecule has 0 saturated carbocycles. The summed E-state index contributed by atoms with van der Waals surface area (Å²) in [6.45, 7) is 12.2. The zero-order valence-electron chi connectivity index (χ0n) is 10.4. The van der Waals surface area contributed by atoms with Gasteiger partial charge in [-0.05, 0) is 50.2 Å². The van der Waals surface area contributed by atoms with Crippen molar-refractivity contribution < 1.29 is 0 Å². The molecule has 0 spiro atoms. The molecule has 0 amide bonds. The second-order valence-electron chi connectivity index (χ2n) is 5.14. The van der Waals surface area contributed by atoms with Crippen LogP contribution in [-0.2, 0) is 0 Å². The molecule has 0 rings (SSSR count). The maximum absolute atomic E-state index is 5.64. The maximum Gasteiger partial charge on any atom is -0.00489 e. The quantitative estimate of drug-likeness (QED) is 0.619. The molecule has 0 bridgehead atoms. The van der Waals surface area contributed by atoms with Crippen molar-refractivity contribution in [2.45, 2.75) is 47.0 Å². The van der Waals surface area contributed by atoms with Gasteiger partial charge in [-0.25, -0.2) is 0 Å². The maximum atomic E-state index is 5.64. The second kappa shape index (κ2) is 7.24. The Balaban J connectivity index is 3.74. The van der Waals surface area contributed by atoms with E-state index >= 15 is 0 Å². The minimum atomic E-state index is 0.408. The van der Waals surface area contributed by atoms with Crippen LogP contribution >= 0.6 is 0 Å². The smallest absolute Gasteiger partial charge is 0.00489 e. The fraction of sp³-hybridized carbons (Fsp3) is 1.00. The fourth-order valence-electron chi connectivity index (χ4n) is 1.86. The predicted octanol–water partition coefficient (Wildman–Crippen LogP) is 2.39. The van der Waals surface area contributed by atoms with Crippen LogP contribution < -0.4 is 11.1 Å². The van der Waals surface area contributed by atoms with Crippen molar-refractivity contribution in [1.29, 1.82) is 0 Å². The van der Waals surface area contributed by atoms with Crippen molar-refractivity contribution in [2.24, 2.45) is 17.1 Å². The van der Waals surface area contributed by atoms with E-state index in [2.05, 4.69) is 33.0 Å². The summed E-state index contributed by atoms with van der Waals surface area (Å²) < 4.78 is 0. The van der Waals surface area contributed by atoms with Crippen molar-refractivity contribution in [2.75, 3.05) is 19.6 Å². The number of nitrogens with two attached hydrogens (primary N) is 1. The van der Waals surface area contributed by atoms with E-state index in [1.165, 1.54) is 12.8 Å². The molecule has 0 aliphatic heterocycles. The van der Waals surface area contributed by atoms with Crippen molar-refractivity contribution in [3.63, 3.8) is 0 Å². The van der Waals surface area contributed by atoms with Crippen LogP contribution in [0.1, 0.15) is 47.0 Å². The molecule has 0 aromatic carbocycles. The standard InChI is InChI=1S/C12H28N2/c1-5-14-10-6-7-11(8-9-13)12(2,3)4/h11,14H,5-10,13H2,1-4H3. The van der Waals surface area contributed by atoms with Crippen LogP contribution in [0.15, 0.2) is 0 Å². The lowest BCUT2D eigenvalue weighted by atomic mass is 9.76. The Morgan fingerprint density at radius 1 is 1.21 bits per heavy atom. The molecule has 3 N–H and O–H groups in total. The van der Waals surface area contributed by atoms with E-state index in [0.29, 0.717) is 5.41 Å². The van der Waals surface area contributed by atoms with E-state index in [9.17, 15) is 0 Å². The minimum Gasteiger partial charge on any atom is -0.330 e. The first kappa shape index (κ1) is 13.9. The average molecular weight is 200 g/mol. The van der Waals surface area contributed by atoms with Gasteiger partial charge < -0.3 is 11.1 Å². The molecule has 0 radical (unpaired) electrons. The van der Waals surface area contributed by atoms with Crippen LogP contribution in [0.2, 0.25) is 0 Å². The van der Waals surface area contributed by atoms with Crippen molar-refractivity contribution in [1.82, 2.24) is 5.32 Å². The third-order valence-electron chi connectivity index (χ3n) is 2.90. The Labute approximate surface area is 89.6 Å². The Morgan fingerprint density at radius 3 is 2.29 bits per heavy atom. The lowest BCUT2D eigenvalue weighted by Crippen LogP contribution is -2.25. The number of hydrogen-bond donors (Lipinski definition) is 2. The molecule has 0 aliphatic rings. The first-order valence-corrected chi connectivity index (χ1v) is 5.93. The largest absolute Gasteiger partial charge is 0.330 e. The molecule has 0 aliphatic carbocycles. The molecule has 1 atom stereocenters. The van der Waals surface area contributed by atoms with Gasteiger partial charge in [-0.3, -0.25) is 0 Å². The molecule has 2 nitrogen and oxygen atoms in total. The highest BCUT2D eigenvalue weighted by Gasteiger charge is 2.22. The van der Waals surface area contributed by atoms with E-state index in [0.717, 1.165) is 32.0 Å². The molecule has 0 fully saturated rings. The molecular formula is C12H28N2. The van der Waals surface area contributed by atoms with Crippen LogP contribution in [0.4, 0.5) is 0 Å². The highest BCUT2D eigenvalue weighted by Crippen LogP contribution is 2.31. The van der Waals surface area contributed by atoms with Gasteiger partial charge in [-0.1, -0.05) is 27.7 Å². The highest BCUT2D eigenvalue weighted by molar-refractivity contribution is 4.74. The van der Waals surface area contributed by atoms with Crippen LogP contribution in [0.5, 0.6) is 0 Å². The molecule has 0 heterocycles. The number of rotatable bonds is 7. The van der Waals surface area contributed by atoms with Gasteiger partial charge in [0.1, 0.15) is 0 Å². The van der Waals surface area contributed by atoms with E-state index in [-0.39, 0.29) is 0 Å². The third-order valence-corrected chi connectivity index (χ3v) is 2.90. The lowest BCUT2D eigenvalue weighted by molar-refractivity contribution is 0.210. The fourth-order valence-corrected chi connectivity index (χ4v) is 1.86. The molecule has 86 valence electrons. The summed E-state index contributed by atoms with van der Waals surface area (Å²) in [5.41, 5.74) is 6.05. The lowest BCUT2D eigenvalue weighted by Gasteiger charge is -2.30. The number of nitrogens with one attached hydrogen (secondary N) is 1. The second-order valence-corrected chi connectivity index (χ2v) is 5.14. The molecule has 0 saturated heterocycles. The molecule has 0 aromatic rings. The van der Waals surface area contributed by atoms with Crippen LogP contribution in [0.25, 0.3) is 0 Å². The van der Waals surface area contributed by atoms with E-state index in [4.69, 9.17) is 5.73 Å². The van der Waals surface area contributed by atoms with Crippen LogP contribution in [-0.4, -0.2) is 19.6 Å². The summed E-state index contributed by atoms with van der Waals surface area (Å²) in [7, 11) is 0. The third kappa shape index (κ3) is 6.39. The van der Waals surface area contributed by atoms with E-state index in [1.54, 1.807) is 0 Å². The van der Waals surface area contributed by atoms with E-state index in [1.807, 2.05) is 0 Å². The highest BCUT2D eigenvalue weighted by atomic mass is 14.8. The summed E-state index contributed by atoms with van der Waals surface area (Å²) in [6.07, 6.45) is 3.74. The van der Waals surface area contributed by atoms with Crippen LogP contribution in [0, 0.1) is 11.3 Å². The first-order valence-electron chi connectivity index (χ1n) is 5.93. The average Bonchev–Trinajstić information content (AvgIpc) is 2.08. The van der Waals surface area contributed by atoms with Crippen molar-refractivity contribution >= 4 is 0 Å². The Kier molecular flexibility index (Phi) is 7.20. The summed E-state index contributed by atoms with van der Waals surface area (Å²) >= 11 is 0. The van der Waals surface area contributed by atoms with Gasteiger partial charge in [0.25, 0.3) is 0 Å². The van der Waals surface area contributed by atoms with Gasteiger partial charge in [0.05, 0.1) is 0 Å². The van der Waals surface area contributed by atoms with Crippen molar-refractivity contribution in [3.8, 4) is 0 Å². The van der Waals surface area contributed by atoms with Gasteiger partial charge in [0.2, 0.25) is 0 Å². The minimum absolute atomic E-state index is 0.408. The summed E-state index contributed by atoms with van der Waals surface area (Å²) in [5, 5.41) is 3.37. The molecule has 14 heavy (non-hydrogen) atoms. The van der Waals surface area contributed by atoms with Gasteiger partial charge in [-0.2, -0.15) is 0 Å². The van der Waals surface area contributed by atoms with Gasteiger partial charge >= 0.3 is 0 Å². The number of hydrogen-bond acceptors (Lipinski definition) is 2. The first-order chi connectivity index (χ1) is 6.52. The Bertz CT molecular complexity index is 127.